The van der Waals surface area contributed by atoms with Gasteiger partial charge in [-0.2, -0.15) is 0 Å². The molecule has 1 saturated carbocycles. The van der Waals surface area contributed by atoms with Gasteiger partial charge < -0.3 is 15.7 Å². The van der Waals surface area contributed by atoms with Gasteiger partial charge in [-0.05, 0) is 43.5 Å². The van der Waals surface area contributed by atoms with Crippen LogP contribution in [0.25, 0.3) is 0 Å². The minimum Gasteiger partial charge on any atom is -0.508 e. The number of hydrogen-bond acceptors (Lipinski definition) is 3. The molecule has 1 aliphatic rings. The molecule has 0 bridgehead atoms. The van der Waals surface area contributed by atoms with Crippen molar-refractivity contribution in [2.45, 2.75) is 25.8 Å². The number of aryl methyl sites for hydroxylation is 1. The van der Waals surface area contributed by atoms with Crippen LogP contribution in [0.15, 0.2) is 18.2 Å². The van der Waals surface area contributed by atoms with Gasteiger partial charge in [0.05, 0.1) is 0 Å². The first-order valence-electron chi connectivity index (χ1n) is 5.94. The minimum absolute atomic E-state index is 0.0149. The SMILES string of the molecule is Cc1cc(C(=O)N(CCN)C2CC2)ccc1O. The highest BCUT2D eigenvalue weighted by atomic mass is 16.3. The van der Waals surface area contributed by atoms with Gasteiger partial charge >= 0.3 is 0 Å². The molecule has 0 aliphatic heterocycles. The van der Waals surface area contributed by atoms with Crippen LogP contribution in [-0.4, -0.2) is 35.0 Å². The highest BCUT2D eigenvalue weighted by molar-refractivity contribution is 5.95. The third-order valence-electron chi connectivity index (χ3n) is 3.06. The van der Waals surface area contributed by atoms with Gasteiger partial charge in [-0.25, -0.2) is 0 Å². The van der Waals surface area contributed by atoms with E-state index in [1.807, 2.05) is 4.90 Å². The number of rotatable bonds is 4. The predicted octanol–water partition coefficient (Wildman–Crippen LogP) is 1.26. The minimum atomic E-state index is 0.0149. The van der Waals surface area contributed by atoms with E-state index in [2.05, 4.69) is 0 Å². The van der Waals surface area contributed by atoms with E-state index >= 15 is 0 Å². The average Bonchev–Trinajstić information content (AvgIpc) is 3.13. The molecule has 1 aliphatic carbocycles. The maximum absolute atomic E-state index is 12.3. The molecule has 0 aromatic heterocycles. The van der Waals surface area contributed by atoms with E-state index in [9.17, 15) is 9.90 Å². The van der Waals surface area contributed by atoms with Crippen molar-refractivity contribution in [3.63, 3.8) is 0 Å². The normalized spacial score (nSPS) is 14.7. The zero-order valence-corrected chi connectivity index (χ0v) is 10.0. The zero-order chi connectivity index (χ0) is 12.4. The fraction of sp³-hybridized carbons (Fsp3) is 0.462. The van der Waals surface area contributed by atoms with Crippen LogP contribution in [0.1, 0.15) is 28.8 Å². The maximum atomic E-state index is 12.3. The Balaban J connectivity index is 2.19. The number of phenolic OH excluding ortho intramolecular Hbond substituents is 1. The summed E-state index contributed by atoms with van der Waals surface area (Å²) in [6.07, 6.45) is 2.14. The number of aromatic hydroxyl groups is 1. The van der Waals surface area contributed by atoms with Gasteiger partial charge in [0.15, 0.2) is 0 Å². The molecule has 1 amide bonds. The summed E-state index contributed by atoms with van der Waals surface area (Å²) in [5, 5.41) is 9.44. The van der Waals surface area contributed by atoms with Crippen molar-refractivity contribution in [3.05, 3.63) is 29.3 Å². The number of hydrogen-bond donors (Lipinski definition) is 2. The van der Waals surface area contributed by atoms with Gasteiger partial charge in [-0.1, -0.05) is 0 Å². The van der Waals surface area contributed by atoms with Crippen molar-refractivity contribution in [2.24, 2.45) is 5.73 Å². The molecule has 17 heavy (non-hydrogen) atoms. The topological polar surface area (TPSA) is 66.6 Å². The van der Waals surface area contributed by atoms with Gasteiger partial charge in [0.2, 0.25) is 0 Å². The summed E-state index contributed by atoms with van der Waals surface area (Å²) >= 11 is 0. The molecular weight excluding hydrogens is 216 g/mol. The summed E-state index contributed by atoms with van der Waals surface area (Å²) in [5.74, 6) is 0.236. The lowest BCUT2D eigenvalue weighted by molar-refractivity contribution is 0.0748. The Morgan fingerprint density at radius 3 is 2.76 bits per heavy atom. The van der Waals surface area contributed by atoms with Crippen molar-refractivity contribution < 1.29 is 9.90 Å². The summed E-state index contributed by atoms with van der Waals surface area (Å²) in [5.41, 5.74) is 6.88. The molecular formula is C13H18N2O2. The van der Waals surface area contributed by atoms with E-state index in [4.69, 9.17) is 5.73 Å². The Kier molecular flexibility index (Phi) is 3.33. The summed E-state index contributed by atoms with van der Waals surface area (Å²) in [7, 11) is 0. The monoisotopic (exact) mass is 234 g/mol. The predicted molar refractivity (Wildman–Crippen MR) is 66.0 cm³/mol. The summed E-state index contributed by atoms with van der Waals surface area (Å²) in [6, 6.07) is 5.32. The first kappa shape index (κ1) is 11.9. The fourth-order valence-electron chi connectivity index (χ4n) is 1.93. The standard InChI is InChI=1S/C13H18N2O2/c1-9-8-10(2-5-12(9)16)13(17)15(7-6-14)11-3-4-11/h2,5,8,11,16H,3-4,6-7,14H2,1H3. The van der Waals surface area contributed by atoms with E-state index < -0.39 is 0 Å². The summed E-state index contributed by atoms with van der Waals surface area (Å²) < 4.78 is 0. The van der Waals surface area contributed by atoms with Gasteiger partial charge in [-0.15, -0.1) is 0 Å². The molecule has 1 aromatic carbocycles. The van der Waals surface area contributed by atoms with Crippen LogP contribution in [0.2, 0.25) is 0 Å². The van der Waals surface area contributed by atoms with E-state index in [-0.39, 0.29) is 11.7 Å². The van der Waals surface area contributed by atoms with Crippen LogP contribution in [0.4, 0.5) is 0 Å². The van der Waals surface area contributed by atoms with Gasteiger partial charge in [0.1, 0.15) is 5.75 Å². The van der Waals surface area contributed by atoms with Gasteiger partial charge in [-0.3, -0.25) is 4.79 Å². The first-order chi connectivity index (χ1) is 8.13. The molecule has 4 heteroatoms. The van der Waals surface area contributed by atoms with E-state index in [1.165, 1.54) is 0 Å². The lowest BCUT2D eigenvalue weighted by Crippen LogP contribution is -2.37. The van der Waals surface area contributed by atoms with Gasteiger partial charge in [0, 0.05) is 24.7 Å². The Morgan fingerprint density at radius 2 is 2.24 bits per heavy atom. The second kappa shape index (κ2) is 4.75. The summed E-state index contributed by atoms with van der Waals surface area (Å²) in [6.45, 7) is 2.87. The number of nitrogens with zero attached hydrogens (tertiary/aromatic N) is 1. The third-order valence-corrected chi connectivity index (χ3v) is 3.06. The molecule has 3 N–H and O–H groups in total. The van der Waals surface area contributed by atoms with Crippen molar-refractivity contribution in [1.82, 2.24) is 4.90 Å². The van der Waals surface area contributed by atoms with Crippen molar-refractivity contribution >= 4 is 5.91 Å². The summed E-state index contributed by atoms with van der Waals surface area (Å²) in [4.78, 5) is 14.1. The highest BCUT2D eigenvalue weighted by Crippen LogP contribution is 2.28. The first-order valence-corrected chi connectivity index (χ1v) is 5.94. The highest BCUT2D eigenvalue weighted by Gasteiger charge is 2.32. The third kappa shape index (κ3) is 2.58. The van der Waals surface area contributed by atoms with Crippen LogP contribution < -0.4 is 5.73 Å². The molecule has 0 spiro atoms. The van der Waals surface area contributed by atoms with Crippen LogP contribution in [0.3, 0.4) is 0 Å². The molecule has 0 saturated heterocycles. The van der Waals surface area contributed by atoms with Crippen molar-refractivity contribution in [2.75, 3.05) is 13.1 Å². The Morgan fingerprint density at radius 1 is 1.53 bits per heavy atom. The van der Waals surface area contributed by atoms with Gasteiger partial charge in [0.25, 0.3) is 5.91 Å². The lowest BCUT2D eigenvalue weighted by Gasteiger charge is -2.21. The number of benzene rings is 1. The van der Waals surface area contributed by atoms with Crippen LogP contribution in [0.5, 0.6) is 5.75 Å². The molecule has 4 nitrogen and oxygen atoms in total. The lowest BCUT2D eigenvalue weighted by atomic mass is 10.1. The Labute approximate surface area is 101 Å². The molecule has 0 unspecified atom stereocenters. The molecule has 2 rings (SSSR count). The van der Waals surface area contributed by atoms with Crippen molar-refractivity contribution in [3.8, 4) is 5.75 Å². The van der Waals surface area contributed by atoms with Crippen LogP contribution in [0, 0.1) is 6.92 Å². The number of amides is 1. The van der Waals surface area contributed by atoms with Crippen LogP contribution >= 0.6 is 0 Å². The number of phenols is 1. The van der Waals surface area contributed by atoms with E-state index in [0.29, 0.717) is 24.7 Å². The fourth-order valence-corrected chi connectivity index (χ4v) is 1.93. The molecule has 0 radical (unpaired) electrons. The molecule has 0 atom stereocenters. The maximum Gasteiger partial charge on any atom is 0.254 e. The number of nitrogens with two attached hydrogens (primary N) is 1. The van der Waals surface area contributed by atoms with Crippen LogP contribution in [-0.2, 0) is 0 Å². The number of carbonyl (C=O) groups excluding carboxylic acids is 1. The average molecular weight is 234 g/mol. The van der Waals surface area contributed by atoms with Crippen molar-refractivity contribution in [1.29, 1.82) is 0 Å². The second-order valence-corrected chi connectivity index (χ2v) is 4.52. The second-order valence-electron chi connectivity index (χ2n) is 4.52. The zero-order valence-electron chi connectivity index (χ0n) is 10.0. The molecule has 1 aromatic rings. The Hall–Kier alpha value is -1.55. The largest absolute Gasteiger partial charge is 0.508 e. The van der Waals surface area contributed by atoms with E-state index in [1.54, 1.807) is 25.1 Å². The number of carbonyl (C=O) groups is 1. The quantitative estimate of drug-likeness (QED) is 0.824. The molecule has 0 heterocycles. The Bertz CT molecular complexity index is 427. The smallest absolute Gasteiger partial charge is 0.254 e. The molecule has 92 valence electrons. The molecule has 1 fully saturated rings. The van der Waals surface area contributed by atoms with E-state index in [0.717, 1.165) is 18.4 Å².